The number of aryl methyl sites for hydroxylation is 1. The summed E-state index contributed by atoms with van der Waals surface area (Å²) in [6.45, 7) is 10.6. The van der Waals surface area contributed by atoms with Crippen molar-refractivity contribution in [2.24, 2.45) is 0 Å². The quantitative estimate of drug-likeness (QED) is 0.600. The number of fused-ring (bicyclic) bond motifs is 1. The lowest BCUT2D eigenvalue weighted by molar-refractivity contribution is 0.177. The standard InChI is InChI=1S/C27H36N6O/c1-18(2)32-14-10-21(11-15-32)30-27-29-17-20-16-24(23-7-5-4-6-19(23)3)26(34)33(25(20)31-27)22-8-12-28-13-9-22/h4-7,16-18,21-22,28H,8-15H2,1-3H3,(H,29,30,31). The van der Waals surface area contributed by atoms with Gasteiger partial charge in [-0.2, -0.15) is 4.98 Å². The zero-order valence-corrected chi connectivity index (χ0v) is 20.6. The molecular weight excluding hydrogens is 424 g/mol. The molecule has 2 N–H and O–H groups in total. The predicted octanol–water partition coefficient (Wildman–Crippen LogP) is 3.98. The van der Waals surface area contributed by atoms with E-state index in [2.05, 4.69) is 47.4 Å². The summed E-state index contributed by atoms with van der Waals surface area (Å²) in [5.74, 6) is 0.626. The van der Waals surface area contributed by atoms with Gasteiger partial charge in [0.05, 0.1) is 0 Å². The number of nitrogens with one attached hydrogen (secondary N) is 2. The molecule has 0 aliphatic carbocycles. The number of anilines is 1. The highest BCUT2D eigenvalue weighted by atomic mass is 16.1. The Balaban J connectivity index is 1.53. The molecular formula is C27H36N6O. The van der Waals surface area contributed by atoms with Gasteiger partial charge in [0, 0.05) is 48.4 Å². The fraction of sp³-hybridized carbons (Fsp3) is 0.519. The van der Waals surface area contributed by atoms with Gasteiger partial charge in [-0.25, -0.2) is 4.98 Å². The Kier molecular flexibility index (Phi) is 6.66. The van der Waals surface area contributed by atoms with E-state index in [0.717, 1.165) is 79.6 Å². The molecule has 5 rings (SSSR count). The molecule has 2 fully saturated rings. The largest absolute Gasteiger partial charge is 0.351 e. The predicted molar refractivity (Wildman–Crippen MR) is 138 cm³/mol. The minimum Gasteiger partial charge on any atom is -0.351 e. The van der Waals surface area contributed by atoms with Crippen LogP contribution in [0.2, 0.25) is 0 Å². The number of rotatable bonds is 5. The number of piperidine rings is 2. The van der Waals surface area contributed by atoms with Gasteiger partial charge in [-0.15, -0.1) is 0 Å². The van der Waals surface area contributed by atoms with Crippen LogP contribution >= 0.6 is 0 Å². The van der Waals surface area contributed by atoms with Crippen LogP contribution in [0.1, 0.15) is 51.1 Å². The van der Waals surface area contributed by atoms with Crippen molar-refractivity contribution >= 4 is 17.0 Å². The smallest absolute Gasteiger partial charge is 0.260 e. The van der Waals surface area contributed by atoms with E-state index in [-0.39, 0.29) is 11.6 Å². The third kappa shape index (κ3) is 4.59. The molecule has 0 amide bonds. The lowest BCUT2D eigenvalue weighted by atomic mass is 9.99. The maximum atomic E-state index is 13.9. The molecule has 0 bridgehead atoms. The average molecular weight is 461 g/mol. The summed E-state index contributed by atoms with van der Waals surface area (Å²) in [7, 11) is 0. The van der Waals surface area contributed by atoms with Crippen LogP contribution in [0.25, 0.3) is 22.2 Å². The van der Waals surface area contributed by atoms with E-state index in [1.807, 2.05) is 35.0 Å². The molecule has 3 aromatic rings. The number of likely N-dealkylation sites (tertiary alicyclic amines) is 1. The van der Waals surface area contributed by atoms with Crippen LogP contribution in [0.15, 0.2) is 41.3 Å². The van der Waals surface area contributed by atoms with E-state index in [9.17, 15) is 4.79 Å². The van der Waals surface area contributed by atoms with Gasteiger partial charge in [-0.1, -0.05) is 24.3 Å². The fourth-order valence-electron chi connectivity index (χ4n) is 5.40. The number of hydrogen-bond donors (Lipinski definition) is 2. The van der Waals surface area contributed by atoms with Crippen molar-refractivity contribution < 1.29 is 0 Å². The molecule has 7 heteroatoms. The van der Waals surface area contributed by atoms with Crippen molar-refractivity contribution in [3.8, 4) is 11.1 Å². The normalized spacial score (nSPS) is 18.6. The third-order valence-corrected chi connectivity index (χ3v) is 7.48. The van der Waals surface area contributed by atoms with Crippen molar-refractivity contribution in [3.05, 3.63) is 52.4 Å². The molecule has 7 nitrogen and oxygen atoms in total. The molecule has 0 radical (unpaired) electrons. The second kappa shape index (κ2) is 9.84. The Hall–Kier alpha value is -2.77. The Morgan fingerprint density at radius 2 is 1.79 bits per heavy atom. The second-order valence-corrected chi connectivity index (χ2v) is 10.1. The first-order chi connectivity index (χ1) is 16.5. The molecule has 2 aromatic heterocycles. The molecule has 0 spiro atoms. The summed E-state index contributed by atoms with van der Waals surface area (Å²) >= 11 is 0. The minimum atomic E-state index is 0.0450. The topological polar surface area (TPSA) is 75.1 Å². The van der Waals surface area contributed by atoms with Crippen molar-refractivity contribution in [2.45, 2.75) is 64.6 Å². The molecule has 2 saturated heterocycles. The van der Waals surface area contributed by atoms with E-state index >= 15 is 0 Å². The van der Waals surface area contributed by atoms with E-state index < -0.39 is 0 Å². The Labute approximate surface area is 201 Å². The molecule has 0 atom stereocenters. The summed E-state index contributed by atoms with van der Waals surface area (Å²) in [5.41, 5.74) is 3.60. The Morgan fingerprint density at radius 3 is 2.50 bits per heavy atom. The van der Waals surface area contributed by atoms with Crippen molar-refractivity contribution in [2.75, 3.05) is 31.5 Å². The van der Waals surface area contributed by atoms with Crippen LogP contribution < -0.4 is 16.2 Å². The number of hydrogen-bond acceptors (Lipinski definition) is 6. The van der Waals surface area contributed by atoms with Crippen molar-refractivity contribution in [1.29, 1.82) is 0 Å². The third-order valence-electron chi connectivity index (χ3n) is 7.48. The molecule has 34 heavy (non-hydrogen) atoms. The number of aromatic nitrogens is 3. The monoisotopic (exact) mass is 460 g/mol. The summed E-state index contributed by atoms with van der Waals surface area (Å²) < 4.78 is 1.95. The first kappa shape index (κ1) is 23.0. The van der Waals surface area contributed by atoms with Crippen LogP contribution in [-0.4, -0.2) is 57.7 Å². The molecule has 2 aliphatic rings. The first-order valence-corrected chi connectivity index (χ1v) is 12.7. The zero-order chi connectivity index (χ0) is 23.7. The molecule has 0 saturated carbocycles. The van der Waals surface area contributed by atoms with Gasteiger partial charge >= 0.3 is 0 Å². The zero-order valence-electron chi connectivity index (χ0n) is 20.6. The lowest BCUT2D eigenvalue weighted by Crippen LogP contribution is -2.42. The SMILES string of the molecule is Cc1ccccc1-c1cc2cnc(NC3CCN(C(C)C)CC3)nc2n(C2CCNCC2)c1=O. The Morgan fingerprint density at radius 1 is 1.06 bits per heavy atom. The number of pyridine rings is 1. The minimum absolute atomic E-state index is 0.0450. The summed E-state index contributed by atoms with van der Waals surface area (Å²) in [4.78, 5) is 26.0. The van der Waals surface area contributed by atoms with Gasteiger partial charge in [0.15, 0.2) is 0 Å². The van der Waals surface area contributed by atoms with Gasteiger partial charge < -0.3 is 15.5 Å². The average Bonchev–Trinajstić information content (AvgIpc) is 2.85. The summed E-state index contributed by atoms with van der Waals surface area (Å²) in [6, 6.07) is 11.2. The molecule has 4 heterocycles. The fourth-order valence-corrected chi connectivity index (χ4v) is 5.40. The summed E-state index contributed by atoms with van der Waals surface area (Å²) in [5, 5.41) is 7.89. The maximum Gasteiger partial charge on any atom is 0.260 e. The van der Waals surface area contributed by atoms with E-state index in [4.69, 9.17) is 4.98 Å². The Bertz CT molecular complexity index is 1210. The van der Waals surface area contributed by atoms with Gasteiger partial charge in [0.2, 0.25) is 5.95 Å². The number of nitrogens with zero attached hydrogens (tertiary/aromatic N) is 4. The van der Waals surface area contributed by atoms with E-state index in [0.29, 0.717) is 18.0 Å². The van der Waals surface area contributed by atoms with Gasteiger partial charge in [0.1, 0.15) is 5.65 Å². The molecule has 180 valence electrons. The second-order valence-electron chi connectivity index (χ2n) is 10.1. The molecule has 0 unspecified atom stereocenters. The van der Waals surface area contributed by atoms with Gasteiger partial charge in [0.25, 0.3) is 5.56 Å². The van der Waals surface area contributed by atoms with Crippen LogP contribution in [0.5, 0.6) is 0 Å². The lowest BCUT2D eigenvalue weighted by Gasteiger charge is -2.34. The van der Waals surface area contributed by atoms with Crippen molar-refractivity contribution in [3.63, 3.8) is 0 Å². The van der Waals surface area contributed by atoms with E-state index in [1.54, 1.807) is 0 Å². The highest BCUT2D eigenvalue weighted by molar-refractivity contribution is 5.82. The van der Waals surface area contributed by atoms with Crippen LogP contribution in [-0.2, 0) is 0 Å². The maximum absolute atomic E-state index is 13.9. The summed E-state index contributed by atoms with van der Waals surface area (Å²) in [6.07, 6.45) is 5.88. The molecule has 1 aromatic carbocycles. The van der Waals surface area contributed by atoms with Crippen molar-refractivity contribution in [1.82, 2.24) is 24.8 Å². The highest BCUT2D eigenvalue weighted by Crippen LogP contribution is 2.28. The van der Waals surface area contributed by atoms with Crippen LogP contribution in [0.4, 0.5) is 5.95 Å². The van der Waals surface area contributed by atoms with Gasteiger partial charge in [-0.05, 0) is 76.7 Å². The van der Waals surface area contributed by atoms with Gasteiger partial charge in [-0.3, -0.25) is 9.36 Å². The van der Waals surface area contributed by atoms with E-state index in [1.165, 1.54) is 0 Å². The van der Waals surface area contributed by atoms with Crippen LogP contribution in [0.3, 0.4) is 0 Å². The first-order valence-electron chi connectivity index (χ1n) is 12.7. The van der Waals surface area contributed by atoms with Crippen LogP contribution in [0, 0.1) is 6.92 Å². The number of benzene rings is 1. The highest BCUT2D eigenvalue weighted by Gasteiger charge is 2.24. The molecule has 2 aliphatic heterocycles.